The fourth-order valence-electron chi connectivity index (χ4n) is 3.82. The van der Waals surface area contributed by atoms with Gasteiger partial charge in [0, 0.05) is 16.7 Å². The van der Waals surface area contributed by atoms with E-state index in [1.165, 1.54) is 16.4 Å². The lowest BCUT2D eigenvalue weighted by atomic mass is 10.1. The van der Waals surface area contributed by atoms with Gasteiger partial charge in [-0.3, -0.25) is 9.10 Å². The molecule has 0 aromatic heterocycles. The van der Waals surface area contributed by atoms with Crippen LogP contribution in [0.4, 0.5) is 11.4 Å². The van der Waals surface area contributed by atoms with E-state index in [1.807, 2.05) is 50.2 Å². The van der Waals surface area contributed by atoms with Crippen LogP contribution in [0.15, 0.2) is 70.0 Å². The molecule has 0 fully saturated rings. The van der Waals surface area contributed by atoms with Gasteiger partial charge in [-0.1, -0.05) is 34.1 Å². The first kappa shape index (κ1) is 22.4. The summed E-state index contributed by atoms with van der Waals surface area (Å²) in [5, 5.41) is 2.87. The van der Waals surface area contributed by atoms with E-state index >= 15 is 0 Å². The Balaban J connectivity index is 1.41. The van der Waals surface area contributed by atoms with Crippen LogP contribution in [0.1, 0.15) is 16.7 Å². The number of benzene rings is 3. The number of ether oxygens (including phenoxy) is 1. The lowest BCUT2D eigenvalue weighted by molar-refractivity contribution is -0.118. The molecular weight excluding hydrogens is 492 g/mol. The number of anilines is 2. The van der Waals surface area contributed by atoms with Gasteiger partial charge in [0.1, 0.15) is 5.75 Å². The standard InChI is InChI=1S/C24H23BrN2O4S/c1-16-13-19(25)14-17(2)24(16)26-23(28)15-31-20-7-9-21(10-8-20)32(29,30)27-12-11-18-5-3-4-6-22(18)27/h3-10,13-14H,11-12,15H2,1-2H3,(H,26,28). The van der Waals surface area contributed by atoms with Gasteiger partial charge in [0.05, 0.1) is 10.6 Å². The van der Waals surface area contributed by atoms with Gasteiger partial charge < -0.3 is 10.1 Å². The summed E-state index contributed by atoms with van der Waals surface area (Å²) < 4.78 is 34.1. The minimum Gasteiger partial charge on any atom is -0.484 e. The SMILES string of the molecule is Cc1cc(Br)cc(C)c1NC(=O)COc1ccc(S(=O)(=O)N2CCc3ccccc32)cc1. The van der Waals surface area contributed by atoms with Gasteiger partial charge in [0.25, 0.3) is 15.9 Å². The fraction of sp³-hybridized carbons (Fsp3) is 0.208. The zero-order valence-corrected chi connectivity index (χ0v) is 20.2. The summed E-state index contributed by atoms with van der Waals surface area (Å²) in [4.78, 5) is 12.5. The number of hydrogen-bond donors (Lipinski definition) is 1. The molecule has 3 aromatic carbocycles. The van der Waals surface area contributed by atoms with E-state index in [9.17, 15) is 13.2 Å². The van der Waals surface area contributed by atoms with E-state index in [1.54, 1.807) is 12.1 Å². The molecule has 0 aliphatic carbocycles. The topological polar surface area (TPSA) is 75.7 Å². The van der Waals surface area contributed by atoms with E-state index in [0.717, 1.165) is 32.5 Å². The number of nitrogens with zero attached hydrogens (tertiary/aromatic N) is 1. The first-order valence-electron chi connectivity index (χ1n) is 10.2. The Kier molecular flexibility index (Phi) is 6.26. The van der Waals surface area contributed by atoms with Crippen LogP contribution in [0, 0.1) is 13.8 Å². The minimum absolute atomic E-state index is 0.180. The molecule has 1 amide bonds. The summed E-state index contributed by atoms with van der Waals surface area (Å²) in [5.74, 6) is 0.133. The fourth-order valence-corrected chi connectivity index (χ4v) is 6.01. The highest BCUT2D eigenvalue weighted by Crippen LogP contribution is 2.33. The average molecular weight is 515 g/mol. The van der Waals surface area contributed by atoms with Gasteiger partial charge >= 0.3 is 0 Å². The molecule has 32 heavy (non-hydrogen) atoms. The molecule has 8 heteroatoms. The van der Waals surface area contributed by atoms with E-state index in [-0.39, 0.29) is 17.4 Å². The van der Waals surface area contributed by atoms with Crippen molar-refractivity contribution in [1.29, 1.82) is 0 Å². The van der Waals surface area contributed by atoms with Crippen molar-refractivity contribution in [3.63, 3.8) is 0 Å². The number of hydrogen-bond acceptors (Lipinski definition) is 4. The second-order valence-electron chi connectivity index (χ2n) is 7.68. The Bertz CT molecular complexity index is 1250. The first-order chi connectivity index (χ1) is 15.3. The molecule has 0 atom stereocenters. The van der Waals surface area contributed by atoms with Crippen LogP contribution in [0.25, 0.3) is 0 Å². The number of carbonyl (C=O) groups is 1. The molecule has 0 saturated heterocycles. The zero-order valence-electron chi connectivity index (χ0n) is 17.8. The maximum atomic E-state index is 13.1. The van der Waals surface area contributed by atoms with Crippen LogP contribution in [-0.2, 0) is 21.2 Å². The molecule has 0 bridgehead atoms. The number of sulfonamides is 1. The number of halogens is 1. The van der Waals surface area contributed by atoms with Crippen molar-refractivity contribution in [2.45, 2.75) is 25.2 Å². The third kappa shape index (κ3) is 4.52. The van der Waals surface area contributed by atoms with Crippen molar-refractivity contribution in [1.82, 2.24) is 0 Å². The quantitative estimate of drug-likeness (QED) is 0.510. The molecule has 1 aliphatic heterocycles. The molecule has 0 saturated carbocycles. The van der Waals surface area contributed by atoms with E-state index in [0.29, 0.717) is 18.7 Å². The van der Waals surface area contributed by atoms with Crippen molar-refractivity contribution in [3.8, 4) is 5.75 Å². The summed E-state index contributed by atoms with van der Waals surface area (Å²) in [6, 6.07) is 17.5. The van der Waals surface area contributed by atoms with E-state index in [4.69, 9.17) is 4.74 Å². The van der Waals surface area contributed by atoms with Crippen molar-refractivity contribution in [2.75, 3.05) is 22.8 Å². The molecular formula is C24H23BrN2O4S. The van der Waals surface area contributed by atoms with Gasteiger partial charge in [-0.15, -0.1) is 0 Å². The summed E-state index contributed by atoms with van der Waals surface area (Å²) in [6.07, 6.45) is 0.697. The summed E-state index contributed by atoms with van der Waals surface area (Å²) in [5.41, 5.74) is 4.40. The van der Waals surface area contributed by atoms with Crippen molar-refractivity contribution < 1.29 is 17.9 Å². The van der Waals surface area contributed by atoms with Crippen LogP contribution < -0.4 is 14.4 Å². The molecule has 1 heterocycles. The van der Waals surface area contributed by atoms with Crippen molar-refractivity contribution in [2.24, 2.45) is 0 Å². The summed E-state index contributed by atoms with van der Waals surface area (Å²) >= 11 is 3.44. The lowest BCUT2D eigenvalue weighted by Gasteiger charge is -2.19. The molecule has 166 valence electrons. The maximum absolute atomic E-state index is 13.1. The Morgan fingerprint density at radius 2 is 1.72 bits per heavy atom. The predicted octanol–water partition coefficient (Wildman–Crippen LogP) is 4.83. The third-order valence-electron chi connectivity index (χ3n) is 5.39. The van der Waals surface area contributed by atoms with Crippen LogP contribution in [0.3, 0.4) is 0 Å². The Hall–Kier alpha value is -2.84. The van der Waals surface area contributed by atoms with Crippen LogP contribution in [0.5, 0.6) is 5.75 Å². The monoisotopic (exact) mass is 514 g/mol. The van der Waals surface area contributed by atoms with E-state index < -0.39 is 10.0 Å². The van der Waals surface area contributed by atoms with Gasteiger partial charge in [-0.05, 0) is 79.4 Å². The van der Waals surface area contributed by atoms with Crippen molar-refractivity contribution >= 4 is 43.2 Å². The third-order valence-corrected chi connectivity index (χ3v) is 7.67. The number of amides is 1. The summed E-state index contributed by atoms with van der Waals surface area (Å²) in [6.45, 7) is 4.09. The molecule has 3 aromatic rings. The van der Waals surface area contributed by atoms with Gasteiger partial charge in [-0.2, -0.15) is 0 Å². The molecule has 1 aliphatic rings. The Morgan fingerprint density at radius 1 is 1.06 bits per heavy atom. The predicted molar refractivity (Wildman–Crippen MR) is 129 cm³/mol. The maximum Gasteiger partial charge on any atom is 0.264 e. The minimum atomic E-state index is -3.66. The Labute approximate surface area is 196 Å². The number of nitrogens with one attached hydrogen (secondary N) is 1. The Morgan fingerprint density at radius 3 is 2.41 bits per heavy atom. The second kappa shape index (κ2) is 8.96. The van der Waals surface area contributed by atoms with Crippen LogP contribution >= 0.6 is 15.9 Å². The summed E-state index contributed by atoms with van der Waals surface area (Å²) in [7, 11) is -3.66. The molecule has 0 radical (unpaired) electrons. The average Bonchev–Trinajstić information content (AvgIpc) is 3.20. The molecule has 0 unspecified atom stereocenters. The smallest absolute Gasteiger partial charge is 0.264 e. The number of para-hydroxylation sites is 1. The highest BCUT2D eigenvalue weighted by atomic mass is 79.9. The highest BCUT2D eigenvalue weighted by molar-refractivity contribution is 9.10. The number of carbonyl (C=O) groups excluding carboxylic acids is 1. The van der Waals surface area contributed by atoms with Crippen LogP contribution in [0.2, 0.25) is 0 Å². The molecule has 0 spiro atoms. The number of rotatable bonds is 6. The zero-order chi connectivity index (χ0) is 22.9. The van der Waals surface area contributed by atoms with Gasteiger partial charge in [0.15, 0.2) is 6.61 Å². The number of aryl methyl sites for hydroxylation is 2. The highest BCUT2D eigenvalue weighted by Gasteiger charge is 2.30. The molecule has 1 N–H and O–H groups in total. The normalized spacial score (nSPS) is 13.0. The number of fused-ring (bicyclic) bond motifs is 1. The van der Waals surface area contributed by atoms with E-state index in [2.05, 4.69) is 21.2 Å². The molecule has 4 rings (SSSR count). The van der Waals surface area contributed by atoms with Crippen LogP contribution in [-0.4, -0.2) is 27.5 Å². The van der Waals surface area contributed by atoms with Crippen molar-refractivity contribution in [3.05, 3.63) is 81.8 Å². The molecule has 6 nitrogen and oxygen atoms in total. The van der Waals surface area contributed by atoms with Gasteiger partial charge in [-0.25, -0.2) is 8.42 Å². The first-order valence-corrected chi connectivity index (χ1v) is 12.4. The van der Waals surface area contributed by atoms with Gasteiger partial charge in [0.2, 0.25) is 0 Å². The second-order valence-corrected chi connectivity index (χ2v) is 10.5. The largest absolute Gasteiger partial charge is 0.484 e. The lowest BCUT2D eigenvalue weighted by Crippen LogP contribution is -2.29.